The Morgan fingerprint density at radius 2 is 2.19 bits per heavy atom. The molecule has 2 fully saturated rings. The zero-order valence-corrected chi connectivity index (χ0v) is 9.87. The Balaban J connectivity index is 1.82. The highest BCUT2D eigenvalue weighted by molar-refractivity contribution is 5.69. The summed E-state index contributed by atoms with van der Waals surface area (Å²) in [6, 6.07) is 0. The van der Waals surface area contributed by atoms with Crippen LogP contribution in [-0.4, -0.2) is 31.6 Å². The van der Waals surface area contributed by atoms with E-state index in [4.69, 9.17) is 14.2 Å². The van der Waals surface area contributed by atoms with Crippen molar-refractivity contribution in [1.82, 2.24) is 0 Å². The topological polar surface area (TPSA) is 44.8 Å². The quantitative estimate of drug-likeness (QED) is 0.689. The predicted octanol–water partition coefficient (Wildman–Crippen LogP) is 1.87. The lowest BCUT2D eigenvalue weighted by atomic mass is 9.96. The van der Waals surface area contributed by atoms with Gasteiger partial charge in [0.25, 0.3) is 0 Å². The van der Waals surface area contributed by atoms with E-state index in [9.17, 15) is 4.79 Å². The molecule has 1 heterocycles. The summed E-state index contributed by atoms with van der Waals surface area (Å²) >= 11 is 0. The molecule has 1 unspecified atom stereocenters. The van der Waals surface area contributed by atoms with Crippen molar-refractivity contribution >= 4 is 5.97 Å². The van der Waals surface area contributed by atoms with E-state index in [0.29, 0.717) is 32.2 Å². The first-order chi connectivity index (χ1) is 7.77. The Labute approximate surface area is 96.2 Å². The Hall–Kier alpha value is -0.610. The SMILES string of the molecule is CCOC(=O)CCC1CCCC12OCCO2. The van der Waals surface area contributed by atoms with E-state index in [0.717, 1.165) is 25.7 Å². The van der Waals surface area contributed by atoms with E-state index >= 15 is 0 Å². The summed E-state index contributed by atoms with van der Waals surface area (Å²) in [6.07, 6.45) is 4.50. The highest BCUT2D eigenvalue weighted by Crippen LogP contribution is 2.44. The molecule has 1 aliphatic heterocycles. The van der Waals surface area contributed by atoms with Crippen molar-refractivity contribution in [2.45, 2.75) is 44.8 Å². The number of hydrogen-bond acceptors (Lipinski definition) is 4. The van der Waals surface area contributed by atoms with Gasteiger partial charge in [0.05, 0.1) is 19.8 Å². The van der Waals surface area contributed by atoms with Gasteiger partial charge in [-0.05, 0) is 26.2 Å². The second-order valence-corrected chi connectivity index (χ2v) is 4.44. The van der Waals surface area contributed by atoms with Crippen LogP contribution in [-0.2, 0) is 19.0 Å². The fourth-order valence-corrected chi connectivity index (χ4v) is 2.76. The maximum absolute atomic E-state index is 11.3. The van der Waals surface area contributed by atoms with Gasteiger partial charge in [0.1, 0.15) is 0 Å². The number of esters is 1. The van der Waals surface area contributed by atoms with Gasteiger partial charge in [-0.1, -0.05) is 0 Å². The molecule has 0 aromatic rings. The van der Waals surface area contributed by atoms with E-state index in [1.54, 1.807) is 0 Å². The number of rotatable bonds is 4. The maximum atomic E-state index is 11.3. The minimum absolute atomic E-state index is 0.109. The van der Waals surface area contributed by atoms with Gasteiger partial charge in [0, 0.05) is 18.8 Å². The van der Waals surface area contributed by atoms with Gasteiger partial charge >= 0.3 is 5.97 Å². The van der Waals surface area contributed by atoms with Crippen LogP contribution in [0.4, 0.5) is 0 Å². The summed E-state index contributed by atoms with van der Waals surface area (Å²) < 4.78 is 16.4. The summed E-state index contributed by atoms with van der Waals surface area (Å²) in [7, 11) is 0. The molecule has 1 saturated heterocycles. The molecular weight excluding hydrogens is 208 g/mol. The minimum Gasteiger partial charge on any atom is -0.466 e. The molecule has 0 radical (unpaired) electrons. The number of hydrogen-bond donors (Lipinski definition) is 0. The highest BCUT2D eigenvalue weighted by atomic mass is 16.7. The summed E-state index contributed by atoms with van der Waals surface area (Å²) in [5.41, 5.74) is 0. The molecule has 4 heteroatoms. The van der Waals surface area contributed by atoms with Gasteiger partial charge in [-0.25, -0.2) is 0 Å². The lowest BCUT2D eigenvalue weighted by Gasteiger charge is -2.29. The Kier molecular flexibility index (Phi) is 3.82. The number of carbonyl (C=O) groups excluding carboxylic acids is 1. The maximum Gasteiger partial charge on any atom is 0.305 e. The molecule has 1 spiro atoms. The highest BCUT2D eigenvalue weighted by Gasteiger charge is 2.47. The van der Waals surface area contributed by atoms with E-state index < -0.39 is 0 Å². The van der Waals surface area contributed by atoms with Crippen molar-refractivity contribution < 1.29 is 19.0 Å². The van der Waals surface area contributed by atoms with E-state index in [1.807, 2.05) is 6.92 Å². The zero-order valence-electron chi connectivity index (χ0n) is 9.87. The first kappa shape index (κ1) is 11.9. The zero-order chi connectivity index (χ0) is 11.4. The lowest BCUT2D eigenvalue weighted by Crippen LogP contribution is -2.34. The molecule has 0 N–H and O–H groups in total. The smallest absolute Gasteiger partial charge is 0.305 e. The number of ether oxygens (including phenoxy) is 3. The van der Waals surface area contributed by atoms with Crippen LogP contribution in [0.2, 0.25) is 0 Å². The Morgan fingerprint density at radius 1 is 1.44 bits per heavy atom. The third kappa shape index (κ3) is 2.38. The predicted molar refractivity (Wildman–Crippen MR) is 57.8 cm³/mol. The molecule has 0 amide bonds. The fraction of sp³-hybridized carbons (Fsp3) is 0.917. The van der Waals surface area contributed by atoms with Gasteiger partial charge < -0.3 is 14.2 Å². The molecule has 92 valence electrons. The normalized spacial score (nSPS) is 27.4. The van der Waals surface area contributed by atoms with Crippen LogP contribution in [0.1, 0.15) is 39.0 Å². The van der Waals surface area contributed by atoms with Gasteiger partial charge in [0.2, 0.25) is 0 Å². The first-order valence-electron chi connectivity index (χ1n) is 6.20. The third-order valence-corrected chi connectivity index (χ3v) is 3.48. The summed E-state index contributed by atoms with van der Waals surface area (Å²) in [6.45, 7) is 3.67. The Bertz CT molecular complexity index is 240. The van der Waals surface area contributed by atoms with Gasteiger partial charge in [-0.15, -0.1) is 0 Å². The van der Waals surface area contributed by atoms with Crippen LogP contribution in [0.5, 0.6) is 0 Å². The van der Waals surface area contributed by atoms with Crippen LogP contribution < -0.4 is 0 Å². The van der Waals surface area contributed by atoms with Crippen molar-refractivity contribution in [3.63, 3.8) is 0 Å². The van der Waals surface area contributed by atoms with Crippen molar-refractivity contribution in [2.75, 3.05) is 19.8 Å². The van der Waals surface area contributed by atoms with Crippen LogP contribution in [0.15, 0.2) is 0 Å². The average Bonchev–Trinajstić information content (AvgIpc) is 2.88. The molecule has 0 bridgehead atoms. The van der Waals surface area contributed by atoms with E-state index in [2.05, 4.69) is 0 Å². The summed E-state index contributed by atoms with van der Waals surface area (Å²) in [5, 5.41) is 0. The molecule has 0 aromatic heterocycles. The molecule has 1 saturated carbocycles. The van der Waals surface area contributed by atoms with Crippen LogP contribution in [0.3, 0.4) is 0 Å². The fourth-order valence-electron chi connectivity index (χ4n) is 2.76. The van der Waals surface area contributed by atoms with Crippen LogP contribution in [0.25, 0.3) is 0 Å². The van der Waals surface area contributed by atoms with Crippen molar-refractivity contribution in [2.24, 2.45) is 5.92 Å². The van der Waals surface area contributed by atoms with Crippen molar-refractivity contribution in [3.05, 3.63) is 0 Å². The summed E-state index contributed by atoms with van der Waals surface area (Å²) in [4.78, 5) is 11.3. The van der Waals surface area contributed by atoms with Crippen molar-refractivity contribution in [3.8, 4) is 0 Å². The van der Waals surface area contributed by atoms with Gasteiger partial charge in [0.15, 0.2) is 5.79 Å². The largest absolute Gasteiger partial charge is 0.466 e. The van der Waals surface area contributed by atoms with Crippen molar-refractivity contribution in [1.29, 1.82) is 0 Å². The average molecular weight is 228 g/mol. The lowest BCUT2D eigenvalue weighted by molar-refractivity contribution is -0.183. The molecule has 1 atom stereocenters. The van der Waals surface area contributed by atoms with Gasteiger partial charge in [-0.2, -0.15) is 0 Å². The minimum atomic E-state index is -0.369. The molecule has 4 nitrogen and oxygen atoms in total. The molecule has 0 aromatic carbocycles. The third-order valence-electron chi connectivity index (χ3n) is 3.48. The molecule has 1 aliphatic carbocycles. The van der Waals surface area contributed by atoms with Crippen LogP contribution in [0, 0.1) is 5.92 Å². The Morgan fingerprint density at radius 3 is 2.88 bits per heavy atom. The second kappa shape index (κ2) is 5.15. The van der Waals surface area contributed by atoms with Gasteiger partial charge in [-0.3, -0.25) is 4.79 Å². The number of carbonyl (C=O) groups is 1. The second-order valence-electron chi connectivity index (χ2n) is 4.44. The summed E-state index contributed by atoms with van der Waals surface area (Å²) in [5.74, 6) is -0.117. The molecular formula is C12H20O4. The monoisotopic (exact) mass is 228 g/mol. The first-order valence-corrected chi connectivity index (χ1v) is 6.20. The molecule has 2 rings (SSSR count). The molecule has 16 heavy (non-hydrogen) atoms. The van der Waals surface area contributed by atoms with Crippen LogP contribution >= 0.6 is 0 Å². The van der Waals surface area contributed by atoms with E-state index in [1.165, 1.54) is 0 Å². The van der Waals surface area contributed by atoms with E-state index in [-0.39, 0.29) is 11.8 Å². The molecule has 2 aliphatic rings. The standard InChI is InChI=1S/C12H20O4/c1-2-14-11(13)6-5-10-4-3-7-12(10)15-8-9-16-12/h10H,2-9H2,1H3.